The molecule has 0 amide bonds. The van der Waals surface area contributed by atoms with Gasteiger partial charge in [0.15, 0.2) is 5.82 Å². The first-order valence-corrected chi connectivity index (χ1v) is 10.4. The van der Waals surface area contributed by atoms with Crippen LogP contribution in [0, 0.1) is 6.92 Å². The molecule has 5 nitrogen and oxygen atoms in total. The fourth-order valence-electron chi connectivity index (χ4n) is 4.99. The monoisotopic (exact) mass is 353 g/mol. The van der Waals surface area contributed by atoms with Crippen LogP contribution in [0.3, 0.4) is 0 Å². The zero-order valence-electron chi connectivity index (χ0n) is 16.2. The molecule has 0 aliphatic heterocycles. The smallest absolute Gasteiger partial charge is 0.176 e. The fraction of sp³-hybridized carbons (Fsp3) is 0.667. The van der Waals surface area contributed by atoms with Crippen LogP contribution in [0.1, 0.15) is 81.7 Å². The van der Waals surface area contributed by atoms with Crippen molar-refractivity contribution in [1.82, 2.24) is 25.5 Å². The SMILES string of the molecule is CCc1cccc(C)c1-n1nnnc1C1(NC2CCCCC2)CCCC1. The highest BCUT2D eigenvalue weighted by atomic mass is 15.6. The van der Waals surface area contributed by atoms with Crippen molar-refractivity contribution in [3.8, 4) is 5.69 Å². The van der Waals surface area contributed by atoms with Crippen LogP contribution in [0.2, 0.25) is 0 Å². The Morgan fingerprint density at radius 1 is 1.12 bits per heavy atom. The molecule has 0 saturated heterocycles. The van der Waals surface area contributed by atoms with Gasteiger partial charge in [0.05, 0.1) is 11.2 Å². The van der Waals surface area contributed by atoms with Crippen LogP contribution >= 0.6 is 0 Å². The molecule has 2 fully saturated rings. The maximum absolute atomic E-state index is 4.57. The lowest BCUT2D eigenvalue weighted by Gasteiger charge is -2.35. The Morgan fingerprint density at radius 2 is 1.88 bits per heavy atom. The standard InChI is InChI=1S/C21H31N5/c1-3-17-11-9-10-16(2)19(17)26-20(23-24-25-26)21(14-7-8-15-21)22-18-12-5-4-6-13-18/h9-11,18,22H,3-8,12-15H2,1-2H3. The Bertz CT molecular complexity index is 739. The molecular weight excluding hydrogens is 322 g/mol. The summed E-state index contributed by atoms with van der Waals surface area (Å²) in [6.45, 7) is 4.36. The van der Waals surface area contributed by atoms with E-state index in [-0.39, 0.29) is 5.54 Å². The van der Waals surface area contributed by atoms with Crippen molar-refractivity contribution in [2.75, 3.05) is 0 Å². The number of hydrogen-bond donors (Lipinski definition) is 1. The number of nitrogens with one attached hydrogen (secondary N) is 1. The number of aryl methyl sites for hydroxylation is 2. The lowest BCUT2D eigenvalue weighted by Crippen LogP contribution is -2.48. The molecule has 0 radical (unpaired) electrons. The normalized spacial score (nSPS) is 20.5. The molecule has 1 aromatic heterocycles. The summed E-state index contributed by atoms with van der Waals surface area (Å²) in [6, 6.07) is 7.10. The third kappa shape index (κ3) is 3.18. The summed E-state index contributed by atoms with van der Waals surface area (Å²) in [5, 5.41) is 17.2. The van der Waals surface area contributed by atoms with Gasteiger partial charge in [0.25, 0.3) is 0 Å². The van der Waals surface area contributed by atoms with Gasteiger partial charge in [0, 0.05) is 6.04 Å². The molecule has 0 atom stereocenters. The molecule has 1 heterocycles. The predicted molar refractivity (Wildman–Crippen MR) is 103 cm³/mol. The summed E-state index contributed by atoms with van der Waals surface area (Å²) < 4.78 is 2.04. The minimum atomic E-state index is -0.0706. The van der Waals surface area contributed by atoms with E-state index in [1.165, 1.54) is 61.8 Å². The van der Waals surface area contributed by atoms with Gasteiger partial charge >= 0.3 is 0 Å². The van der Waals surface area contributed by atoms with Gasteiger partial charge in [-0.05, 0) is 60.6 Å². The highest BCUT2D eigenvalue weighted by molar-refractivity contribution is 5.48. The minimum absolute atomic E-state index is 0.0706. The number of benzene rings is 1. The Labute approximate surface area is 156 Å². The van der Waals surface area contributed by atoms with Crippen molar-refractivity contribution in [3.63, 3.8) is 0 Å². The molecule has 0 bridgehead atoms. The minimum Gasteiger partial charge on any atom is -0.302 e. The first kappa shape index (κ1) is 17.7. The van der Waals surface area contributed by atoms with Crippen LogP contribution in [-0.4, -0.2) is 26.2 Å². The van der Waals surface area contributed by atoms with Gasteiger partial charge < -0.3 is 5.32 Å². The molecule has 1 aromatic carbocycles. The van der Waals surface area contributed by atoms with Gasteiger partial charge in [-0.3, -0.25) is 0 Å². The summed E-state index contributed by atoms with van der Waals surface area (Å²) in [4.78, 5) is 0. The lowest BCUT2D eigenvalue weighted by molar-refractivity contribution is 0.237. The van der Waals surface area contributed by atoms with Gasteiger partial charge in [0.1, 0.15) is 0 Å². The zero-order chi connectivity index (χ0) is 18.0. The van der Waals surface area contributed by atoms with E-state index >= 15 is 0 Å². The van der Waals surface area contributed by atoms with E-state index < -0.39 is 0 Å². The molecule has 0 spiro atoms. The fourth-order valence-corrected chi connectivity index (χ4v) is 4.99. The first-order chi connectivity index (χ1) is 12.7. The maximum atomic E-state index is 4.57. The summed E-state index contributed by atoms with van der Waals surface area (Å²) >= 11 is 0. The van der Waals surface area contributed by atoms with Crippen LogP contribution < -0.4 is 5.32 Å². The summed E-state index contributed by atoms with van der Waals surface area (Å²) in [7, 11) is 0. The van der Waals surface area contributed by atoms with Crippen molar-refractivity contribution in [2.24, 2.45) is 0 Å². The van der Waals surface area contributed by atoms with Crippen LogP contribution in [0.25, 0.3) is 5.69 Å². The Hall–Kier alpha value is -1.75. The third-order valence-electron chi connectivity index (χ3n) is 6.35. The second-order valence-electron chi connectivity index (χ2n) is 8.12. The summed E-state index contributed by atoms with van der Waals surface area (Å²) in [5.41, 5.74) is 3.65. The van der Waals surface area contributed by atoms with Crippen molar-refractivity contribution in [2.45, 2.75) is 89.6 Å². The molecular formula is C21H31N5. The molecule has 140 valence electrons. The van der Waals surface area contributed by atoms with Gasteiger partial charge in [-0.2, -0.15) is 4.68 Å². The average Bonchev–Trinajstić information content (AvgIpc) is 3.32. The third-order valence-corrected chi connectivity index (χ3v) is 6.35. The molecule has 2 saturated carbocycles. The van der Waals surface area contributed by atoms with E-state index in [9.17, 15) is 0 Å². The highest BCUT2D eigenvalue weighted by Gasteiger charge is 2.42. The molecule has 2 aromatic rings. The van der Waals surface area contributed by atoms with Crippen molar-refractivity contribution >= 4 is 0 Å². The number of tetrazole rings is 1. The van der Waals surface area contributed by atoms with Crippen molar-refractivity contribution in [1.29, 1.82) is 0 Å². The van der Waals surface area contributed by atoms with Gasteiger partial charge in [-0.1, -0.05) is 57.2 Å². The second kappa shape index (κ2) is 7.47. The van der Waals surface area contributed by atoms with Crippen LogP contribution in [0.15, 0.2) is 18.2 Å². The van der Waals surface area contributed by atoms with Crippen LogP contribution in [0.5, 0.6) is 0 Å². The quantitative estimate of drug-likeness (QED) is 0.874. The Kier molecular flexibility index (Phi) is 5.07. The van der Waals surface area contributed by atoms with E-state index in [4.69, 9.17) is 0 Å². The number of para-hydroxylation sites is 1. The topological polar surface area (TPSA) is 55.6 Å². The molecule has 5 heteroatoms. The number of hydrogen-bond acceptors (Lipinski definition) is 4. The predicted octanol–water partition coefficient (Wildman–Crippen LogP) is 4.22. The van der Waals surface area contributed by atoms with E-state index in [0.717, 1.165) is 25.1 Å². The molecule has 2 aliphatic carbocycles. The van der Waals surface area contributed by atoms with Gasteiger partial charge in [-0.25, -0.2) is 0 Å². The summed E-state index contributed by atoms with van der Waals surface area (Å²) in [6.07, 6.45) is 12.4. The van der Waals surface area contributed by atoms with Crippen molar-refractivity contribution < 1.29 is 0 Å². The molecule has 4 rings (SSSR count). The van der Waals surface area contributed by atoms with Gasteiger partial charge in [0.2, 0.25) is 0 Å². The maximum Gasteiger partial charge on any atom is 0.176 e. The van der Waals surface area contributed by atoms with Gasteiger partial charge in [-0.15, -0.1) is 5.10 Å². The second-order valence-corrected chi connectivity index (χ2v) is 8.12. The van der Waals surface area contributed by atoms with E-state index in [0.29, 0.717) is 6.04 Å². The average molecular weight is 354 g/mol. The molecule has 2 aliphatic rings. The molecule has 26 heavy (non-hydrogen) atoms. The number of aromatic nitrogens is 4. The summed E-state index contributed by atoms with van der Waals surface area (Å²) in [5.74, 6) is 1.02. The lowest BCUT2D eigenvalue weighted by atomic mass is 9.89. The zero-order valence-corrected chi connectivity index (χ0v) is 16.2. The van der Waals surface area contributed by atoms with Crippen LogP contribution in [-0.2, 0) is 12.0 Å². The Balaban J connectivity index is 1.74. The largest absolute Gasteiger partial charge is 0.302 e. The number of rotatable bonds is 5. The highest BCUT2D eigenvalue weighted by Crippen LogP contribution is 2.40. The molecule has 0 unspecified atom stereocenters. The van der Waals surface area contributed by atoms with E-state index in [2.05, 4.69) is 52.9 Å². The van der Waals surface area contributed by atoms with Crippen LogP contribution in [0.4, 0.5) is 0 Å². The van der Waals surface area contributed by atoms with Crippen molar-refractivity contribution in [3.05, 3.63) is 35.2 Å². The molecule has 1 N–H and O–H groups in total. The van der Waals surface area contributed by atoms with E-state index in [1.54, 1.807) is 0 Å². The number of nitrogens with zero attached hydrogens (tertiary/aromatic N) is 4. The first-order valence-electron chi connectivity index (χ1n) is 10.4. The van der Waals surface area contributed by atoms with E-state index in [1.807, 2.05) is 4.68 Å². The Morgan fingerprint density at radius 3 is 2.62 bits per heavy atom.